The second kappa shape index (κ2) is 23.7. The van der Waals surface area contributed by atoms with Crippen LogP contribution < -0.4 is 0 Å². The Kier molecular flexibility index (Phi) is 42.7. The monoisotopic (exact) mass is 178 g/mol. The summed E-state index contributed by atoms with van der Waals surface area (Å²) in [5.74, 6) is 0. The third kappa shape index (κ3) is 59.5. The third-order valence-electron chi connectivity index (χ3n) is 0.329. The van der Waals surface area contributed by atoms with Crippen LogP contribution in [0.15, 0.2) is 24.8 Å². The van der Waals surface area contributed by atoms with E-state index in [9.17, 15) is 0 Å². The Bertz CT molecular complexity index is 59.9. The minimum Gasteiger partial charge on any atom is -0.0149 e. The maximum absolute atomic E-state index is 3.46. The second-order valence-corrected chi connectivity index (χ2v) is 2.82. The molecule has 0 heterocycles. The molecule has 0 aromatic rings. The van der Waals surface area contributed by atoms with Gasteiger partial charge < -0.3 is 0 Å². The topological polar surface area (TPSA) is 0 Å². The zero-order chi connectivity index (χ0) is 6.83. The molecule has 0 saturated heterocycles. The Morgan fingerprint density at radius 2 is 1.67 bits per heavy atom. The van der Waals surface area contributed by atoms with Crippen molar-refractivity contribution < 1.29 is 19.2 Å². The van der Waals surface area contributed by atoms with E-state index in [4.69, 9.17) is 0 Å². The zero-order valence-electron chi connectivity index (χ0n) is 5.94. The van der Waals surface area contributed by atoms with Gasteiger partial charge in [0.1, 0.15) is 0 Å². The van der Waals surface area contributed by atoms with Gasteiger partial charge in [0, 0.05) is 0 Å². The Balaban J connectivity index is -0.0000000800. The first-order valence-corrected chi connectivity index (χ1v) is 5.78. The normalized spacial score (nSPS) is 6.56. The molecule has 54 valence electrons. The molecule has 9 heavy (non-hydrogen) atoms. The number of hydrogen-bond donors (Lipinski definition) is 0. The van der Waals surface area contributed by atoms with Crippen molar-refractivity contribution in [1.82, 2.24) is 0 Å². The van der Waals surface area contributed by atoms with Gasteiger partial charge in [0.05, 0.1) is 0 Å². The number of hydrogen-bond acceptors (Lipinski definition) is 0. The van der Waals surface area contributed by atoms with Crippen molar-refractivity contribution in [1.29, 1.82) is 0 Å². The van der Waals surface area contributed by atoms with Crippen molar-refractivity contribution >= 4 is 11.0 Å². The standard InChI is InChI=1S/C5H8.2CH3.H4Si.Ti/c1-3-5-4-2;;;;/h3-5H,1H2,2H3;2*1H3;1H4;. The van der Waals surface area contributed by atoms with Crippen molar-refractivity contribution in [2.45, 2.75) is 17.4 Å². The van der Waals surface area contributed by atoms with E-state index in [1.54, 1.807) is 6.08 Å². The van der Waals surface area contributed by atoms with Crippen LogP contribution in [0.1, 0.15) is 6.92 Å². The molecular weight excluding hydrogens is 160 g/mol. The Hall–Kier alpha value is 0.411. The maximum atomic E-state index is 3.46. The SMILES string of the molecule is C=CC=CC.[CH3][Ti][CH3].[SiH4]. The summed E-state index contributed by atoms with van der Waals surface area (Å²) < 4.78 is 0. The third-order valence-corrected chi connectivity index (χ3v) is 0.329. The Labute approximate surface area is 72.4 Å². The van der Waals surface area contributed by atoms with Crippen LogP contribution in [0.4, 0.5) is 0 Å². The van der Waals surface area contributed by atoms with E-state index in [1.807, 2.05) is 19.1 Å². The Morgan fingerprint density at radius 3 is 1.67 bits per heavy atom. The van der Waals surface area contributed by atoms with Gasteiger partial charge in [-0.15, -0.1) is 0 Å². The van der Waals surface area contributed by atoms with Gasteiger partial charge >= 0.3 is 29.6 Å². The first kappa shape index (κ1) is 16.2. The van der Waals surface area contributed by atoms with Crippen LogP contribution in [0.3, 0.4) is 0 Å². The molecule has 0 aliphatic rings. The predicted molar refractivity (Wildman–Crippen MR) is 48.1 cm³/mol. The molecule has 0 aliphatic carbocycles. The first-order valence-electron chi connectivity index (χ1n) is 2.65. The van der Waals surface area contributed by atoms with Crippen LogP contribution in [0.2, 0.25) is 10.5 Å². The first-order chi connectivity index (χ1) is 3.83. The molecule has 0 nitrogen and oxygen atoms in total. The van der Waals surface area contributed by atoms with Crippen molar-refractivity contribution in [2.24, 2.45) is 0 Å². The summed E-state index contributed by atoms with van der Waals surface area (Å²) in [6.07, 6.45) is 5.58. The molecular formula is C7H18SiTi. The van der Waals surface area contributed by atoms with Crippen molar-refractivity contribution in [3.63, 3.8) is 0 Å². The minimum atomic E-state index is 0. The van der Waals surface area contributed by atoms with E-state index >= 15 is 0 Å². The predicted octanol–water partition coefficient (Wildman–Crippen LogP) is 1.46. The fraction of sp³-hybridized carbons (Fsp3) is 0.429. The van der Waals surface area contributed by atoms with Crippen LogP contribution in [-0.2, 0) is 19.2 Å². The number of allylic oxidation sites excluding steroid dienone is 3. The van der Waals surface area contributed by atoms with E-state index in [0.29, 0.717) is 19.2 Å². The number of rotatable bonds is 1. The largest absolute Gasteiger partial charge is 0.0149 e. The minimum absolute atomic E-state index is 0. The summed E-state index contributed by atoms with van der Waals surface area (Å²) in [7, 11) is 0. The maximum Gasteiger partial charge on any atom is -0.0149 e. The van der Waals surface area contributed by atoms with Crippen molar-refractivity contribution in [3.05, 3.63) is 24.8 Å². The fourth-order valence-corrected chi connectivity index (χ4v) is 0.136. The van der Waals surface area contributed by atoms with Gasteiger partial charge in [-0.25, -0.2) is 0 Å². The summed E-state index contributed by atoms with van der Waals surface area (Å²) >= 11 is 0.500. The fourth-order valence-electron chi connectivity index (χ4n) is 0.136. The van der Waals surface area contributed by atoms with Gasteiger partial charge in [-0.2, -0.15) is 0 Å². The second-order valence-electron chi connectivity index (χ2n) is 1.26. The van der Waals surface area contributed by atoms with Gasteiger partial charge in [-0.3, -0.25) is 0 Å². The zero-order valence-corrected chi connectivity index (χ0v) is 7.50. The van der Waals surface area contributed by atoms with Crippen LogP contribution in [-0.4, -0.2) is 11.0 Å². The molecule has 0 fully saturated rings. The van der Waals surface area contributed by atoms with Gasteiger partial charge in [-0.05, 0) is 17.9 Å². The van der Waals surface area contributed by atoms with Crippen molar-refractivity contribution in [3.8, 4) is 0 Å². The molecule has 0 radical (unpaired) electrons. The molecule has 0 spiro atoms. The Morgan fingerprint density at radius 1 is 1.33 bits per heavy atom. The molecule has 0 aromatic carbocycles. The molecule has 0 rings (SSSR count). The molecule has 0 unspecified atom stereocenters. The molecule has 0 aromatic heterocycles. The van der Waals surface area contributed by atoms with Gasteiger partial charge in [0.25, 0.3) is 0 Å². The van der Waals surface area contributed by atoms with E-state index < -0.39 is 0 Å². The van der Waals surface area contributed by atoms with Gasteiger partial charge in [0.15, 0.2) is 0 Å². The average molecular weight is 178 g/mol. The quantitative estimate of drug-likeness (QED) is 0.421. The van der Waals surface area contributed by atoms with Crippen LogP contribution in [0.25, 0.3) is 0 Å². The summed E-state index contributed by atoms with van der Waals surface area (Å²) in [6.45, 7) is 5.42. The van der Waals surface area contributed by atoms with E-state index in [0.717, 1.165) is 0 Å². The molecule has 0 aliphatic heterocycles. The van der Waals surface area contributed by atoms with E-state index in [-0.39, 0.29) is 11.0 Å². The summed E-state index contributed by atoms with van der Waals surface area (Å²) in [5.41, 5.74) is 0. The molecule has 0 atom stereocenters. The van der Waals surface area contributed by atoms with Crippen LogP contribution >= 0.6 is 0 Å². The van der Waals surface area contributed by atoms with Crippen LogP contribution in [0, 0.1) is 0 Å². The smallest absolute Gasteiger partial charge is 0.0149 e. The van der Waals surface area contributed by atoms with Crippen LogP contribution in [0.5, 0.6) is 0 Å². The molecule has 0 N–H and O–H groups in total. The molecule has 0 bridgehead atoms. The van der Waals surface area contributed by atoms with Gasteiger partial charge in [-0.1, -0.05) is 24.8 Å². The average Bonchev–Trinajstić information content (AvgIpc) is 1.71. The molecule has 2 heteroatoms. The summed E-state index contributed by atoms with van der Waals surface area (Å²) in [5, 5.41) is 4.50. The van der Waals surface area contributed by atoms with Crippen molar-refractivity contribution in [2.75, 3.05) is 0 Å². The van der Waals surface area contributed by atoms with E-state index in [1.165, 1.54) is 0 Å². The summed E-state index contributed by atoms with van der Waals surface area (Å²) in [6, 6.07) is 0. The summed E-state index contributed by atoms with van der Waals surface area (Å²) in [4.78, 5) is 0. The van der Waals surface area contributed by atoms with Gasteiger partial charge in [0.2, 0.25) is 0 Å². The van der Waals surface area contributed by atoms with E-state index in [2.05, 4.69) is 17.0 Å². The molecule has 0 amide bonds. The molecule has 0 saturated carbocycles.